The predicted molar refractivity (Wildman–Crippen MR) is 89.7 cm³/mol. The zero-order valence-corrected chi connectivity index (χ0v) is 14.1. The van der Waals surface area contributed by atoms with E-state index in [0.717, 1.165) is 12.8 Å². The predicted octanol–water partition coefficient (Wildman–Crippen LogP) is 6.49. The van der Waals surface area contributed by atoms with Crippen molar-refractivity contribution in [1.82, 2.24) is 0 Å². The van der Waals surface area contributed by atoms with E-state index in [9.17, 15) is 4.79 Å². The third-order valence-electron chi connectivity index (χ3n) is 3.99. The maximum atomic E-state index is 10.3. The molecule has 0 aromatic rings. The zero-order chi connectivity index (χ0) is 14.9. The molecule has 0 amide bonds. The Bertz CT molecular complexity index is 207. The Morgan fingerprint density at radius 2 is 0.905 bits per heavy atom. The highest BCUT2D eigenvalue weighted by Gasteiger charge is 1.97. The SMILES string of the molecule is CCCCCCCCCCCCCCCCCC(=O)O.F. The Balaban J connectivity index is 0. The van der Waals surface area contributed by atoms with E-state index in [1.165, 1.54) is 83.5 Å². The van der Waals surface area contributed by atoms with Crippen LogP contribution in [0.4, 0.5) is 4.70 Å². The van der Waals surface area contributed by atoms with Gasteiger partial charge in [-0.2, -0.15) is 0 Å². The van der Waals surface area contributed by atoms with Crippen LogP contribution in [0.15, 0.2) is 0 Å². The minimum absolute atomic E-state index is 0. The fraction of sp³-hybridized carbons (Fsp3) is 0.944. The molecule has 0 aliphatic carbocycles. The second-order valence-corrected chi connectivity index (χ2v) is 6.09. The van der Waals surface area contributed by atoms with E-state index in [1.54, 1.807) is 0 Å². The highest BCUT2D eigenvalue weighted by Crippen LogP contribution is 2.13. The molecule has 3 heteroatoms. The van der Waals surface area contributed by atoms with E-state index >= 15 is 0 Å². The Hall–Kier alpha value is -0.600. The third kappa shape index (κ3) is 21.8. The van der Waals surface area contributed by atoms with E-state index in [-0.39, 0.29) is 4.70 Å². The van der Waals surface area contributed by atoms with Crippen LogP contribution in [0, 0.1) is 0 Å². The topological polar surface area (TPSA) is 37.3 Å². The molecule has 0 spiro atoms. The monoisotopic (exact) mass is 304 g/mol. The van der Waals surface area contributed by atoms with Crippen LogP contribution in [0.2, 0.25) is 0 Å². The Kier molecular flexibility index (Phi) is 20.9. The van der Waals surface area contributed by atoms with Crippen molar-refractivity contribution in [1.29, 1.82) is 0 Å². The first kappa shape index (κ1) is 22.7. The van der Waals surface area contributed by atoms with E-state index < -0.39 is 5.97 Å². The highest BCUT2D eigenvalue weighted by molar-refractivity contribution is 5.66. The molecule has 0 atom stereocenters. The van der Waals surface area contributed by atoms with Crippen molar-refractivity contribution < 1.29 is 14.6 Å². The molecule has 128 valence electrons. The van der Waals surface area contributed by atoms with Crippen LogP contribution in [-0.2, 0) is 4.79 Å². The minimum atomic E-state index is -0.653. The van der Waals surface area contributed by atoms with Gasteiger partial charge in [-0.05, 0) is 6.42 Å². The van der Waals surface area contributed by atoms with Crippen molar-refractivity contribution in [3.63, 3.8) is 0 Å². The van der Waals surface area contributed by atoms with Gasteiger partial charge in [-0.25, -0.2) is 0 Å². The smallest absolute Gasteiger partial charge is 0.303 e. The first-order chi connectivity index (χ1) is 9.77. The van der Waals surface area contributed by atoms with Gasteiger partial charge in [0.1, 0.15) is 0 Å². The lowest BCUT2D eigenvalue weighted by Crippen LogP contribution is -1.93. The summed E-state index contributed by atoms with van der Waals surface area (Å²) in [7, 11) is 0. The molecule has 0 fully saturated rings. The Morgan fingerprint density at radius 3 is 1.19 bits per heavy atom. The summed E-state index contributed by atoms with van der Waals surface area (Å²) >= 11 is 0. The maximum Gasteiger partial charge on any atom is 0.303 e. The number of carboxylic acids is 1. The third-order valence-corrected chi connectivity index (χ3v) is 3.99. The molecule has 0 aliphatic rings. The Morgan fingerprint density at radius 1 is 0.619 bits per heavy atom. The molecule has 0 unspecified atom stereocenters. The van der Waals surface area contributed by atoms with E-state index in [4.69, 9.17) is 5.11 Å². The molecule has 0 radical (unpaired) electrons. The second-order valence-electron chi connectivity index (χ2n) is 6.09. The van der Waals surface area contributed by atoms with Crippen molar-refractivity contribution in [3.05, 3.63) is 0 Å². The fourth-order valence-corrected chi connectivity index (χ4v) is 2.65. The number of hydrogen-bond acceptors (Lipinski definition) is 1. The van der Waals surface area contributed by atoms with Gasteiger partial charge in [-0.3, -0.25) is 9.50 Å². The summed E-state index contributed by atoms with van der Waals surface area (Å²) in [5.74, 6) is -0.653. The first-order valence-electron chi connectivity index (χ1n) is 8.99. The summed E-state index contributed by atoms with van der Waals surface area (Å²) in [6.07, 6.45) is 20.2. The van der Waals surface area contributed by atoms with Crippen molar-refractivity contribution in [2.45, 2.75) is 110 Å². The summed E-state index contributed by atoms with van der Waals surface area (Å²) in [6.45, 7) is 2.27. The van der Waals surface area contributed by atoms with Crippen LogP contribution in [-0.4, -0.2) is 11.1 Å². The van der Waals surface area contributed by atoms with Crippen molar-refractivity contribution in [3.8, 4) is 0 Å². The number of halogens is 1. The minimum Gasteiger partial charge on any atom is -0.481 e. The van der Waals surface area contributed by atoms with Gasteiger partial charge in [0.25, 0.3) is 0 Å². The van der Waals surface area contributed by atoms with Gasteiger partial charge in [0.2, 0.25) is 0 Å². The van der Waals surface area contributed by atoms with Crippen molar-refractivity contribution >= 4 is 5.97 Å². The molecule has 0 heterocycles. The summed E-state index contributed by atoms with van der Waals surface area (Å²) in [6, 6.07) is 0. The van der Waals surface area contributed by atoms with Gasteiger partial charge in [-0.1, -0.05) is 96.8 Å². The molecule has 0 rings (SSSR count). The molecule has 1 N–H and O–H groups in total. The standard InChI is InChI=1S/C18H36O2.FH/c1-2-3-4-5-6-7-8-9-10-11-12-13-14-15-16-17-18(19)20;/h2-17H2,1H3,(H,19,20);1H. The van der Waals surface area contributed by atoms with Gasteiger partial charge < -0.3 is 5.11 Å². The fourth-order valence-electron chi connectivity index (χ4n) is 2.65. The quantitative estimate of drug-likeness (QED) is 0.331. The molecule has 0 bridgehead atoms. The molecular formula is C18H37FO2. The van der Waals surface area contributed by atoms with E-state index in [1.807, 2.05) is 0 Å². The van der Waals surface area contributed by atoms with Crippen LogP contribution in [0.3, 0.4) is 0 Å². The van der Waals surface area contributed by atoms with Crippen LogP contribution >= 0.6 is 0 Å². The van der Waals surface area contributed by atoms with Crippen molar-refractivity contribution in [2.24, 2.45) is 0 Å². The number of carboxylic acid groups (broad SMARTS) is 1. The summed E-state index contributed by atoms with van der Waals surface area (Å²) < 4.78 is 0. The lowest BCUT2D eigenvalue weighted by atomic mass is 10.0. The second kappa shape index (κ2) is 19.4. The lowest BCUT2D eigenvalue weighted by molar-refractivity contribution is -0.137. The average molecular weight is 304 g/mol. The van der Waals surface area contributed by atoms with E-state index in [0.29, 0.717) is 6.42 Å². The number of aliphatic carboxylic acids is 1. The Labute approximate surface area is 131 Å². The number of carbonyl (C=O) groups is 1. The van der Waals surface area contributed by atoms with Crippen LogP contribution < -0.4 is 0 Å². The largest absolute Gasteiger partial charge is 0.481 e. The molecule has 0 aliphatic heterocycles. The van der Waals surface area contributed by atoms with Crippen LogP contribution in [0.25, 0.3) is 0 Å². The molecule has 0 saturated carbocycles. The van der Waals surface area contributed by atoms with Gasteiger partial charge in [0.05, 0.1) is 0 Å². The number of rotatable bonds is 16. The zero-order valence-electron chi connectivity index (χ0n) is 14.1. The van der Waals surface area contributed by atoms with Gasteiger partial charge >= 0.3 is 5.97 Å². The molecule has 2 nitrogen and oxygen atoms in total. The number of hydrogen-bond donors (Lipinski definition) is 1. The van der Waals surface area contributed by atoms with Crippen LogP contribution in [0.5, 0.6) is 0 Å². The highest BCUT2D eigenvalue weighted by atomic mass is 19.0. The van der Waals surface area contributed by atoms with Crippen molar-refractivity contribution in [2.75, 3.05) is 0 Å². The average Bonchev–Trinajstić information content (AvgIpc) is 2.43. The molecule has 21 heavy (non-hydrogen) atoms. The lowest BCUT2D eigenvalue weighted by Gasteiger charge is -2.03. The summed E-state index contributed by atoms with van der Waals surface area (Å²) in [5, 5.41) is 8.52. The molecule has 0 aromatic carbocycles. The summed E-state index contributed by atoms with van der Waals surface area (Å²) in [4.78, 5) is 10.3. The summed E-state index contributed by atoms with van der Waals surface area (Å²) in [5.41, 5.74) is 0. The van der Waals surface area contributed by atoms with Gasteiger partial charge in [0.15, 0.2) is 0 Å². The molecule has 0 saturated heterocycles. The normalized spacial score (nSPS) is 10.3. The maximum absolute atomic E-state index is 10.3. The first-order valence-corrected chi connectivity index (χ1v) is 8.99. The van der Waals surface area contributed by atoms with Gasteiger partial charge in [-0.15, -0.1) is 0 Å². The van der Waals surface area contributed by atoms with E-state index in [2.05, 4.69) is 6.92 Å². The molecular weight excluding hydrogens is 267 g/mol. The van der Waals surface area contributed by atoms with Crippen LogP contribution in [0.1, 0.15) is 110 Å². The number of unbranched alkanes of at least 4 members (excludes halogenated alkanes) is 14. The van der Waals surface area contributed by atoms with Gasteiger partial charge in [0, 0.05) is 6.42 Å². The molecule has 0 aromatic heterocycles.